The first-order chi connectivity index (χ1) is 9.16. The maximum absolute atomic E-state index is 12.1. The molecule has 1 aromatic carbocycles. The van der Waals surface area contributed by atoms with E-state index in [4.69, 9.17) is 5.11 Å². The SMILES string of the molecule is OC(CNCc1ccc(-c2ccccc2)s1)C(F)F. The van der Waals surface area contributed by atoms with Crippen LogP contribution >= 0.6 is 11.3 Å². The molecular weight excluding hydrogens is 268 g/mol. The van der Waals surface area contributed by atoms with E-state index in [0.717, 1.165) is 15.3 Å². The van der Waals surface area contributed by atoms with Crippen LogP contribution in [-0.4, -0.2) is 24.2 Å². The minimum absolute atomic E-state index is 0.101. The summed E-state index contributed by atoms with van der Waals surface area (Å²) in [5, 5.41) is 11.8. The topological polar surface area (TPSA) is 32.3 Å². The van der Waals surface area contributed by atoms with Crippen molar-refractivity contribution in [2.75, 3.05) is 6.54 Å². The van der Waals surface area contributed by atoms with Gasteiger partial charge in [-0.25, -0.2) is 8.78 Å². The number of thiophene rings is 1. The third-order valence-corrected chi connectivity index (χ3v) is 3.80. The zero-order chi connectivity index (χ0) is 13.7. The van der Waals surface area contributed by atoms with E-state index in [-0.39, 0.29) is 6.54 Å². The first kappa shape index (κ1) is 14.1. The highest BCUT2D eigenvalue weighted by Gasteiger charge is 2.15. The van der Waals surface area contributed by atoms with Gasteiger partial charge in [0.1, 0.15) is 6.10 Å². The fourth-order valence-electron chi connectivity index (χ4n) is 1.66. The molecule has 0 radical (unpaired) electrons. The first-order valence-electron chi connectivity index (χ1n) is 5.98. The molecule has 1 unspecified atom stereocenters. The molecule has 0 saturated heterocycles. The lowest BCUT2D eigenvalue weighted by Gasteiger charge is -2.09. The molecule has 102 valence electrons. The van der Waals surface area contributed by atoms with Crippen molar-refractivity contribution in [3.8, 4) is 10.4 Å². The van der Waals surface area contributed by atoms with Crippen molar-refractivity contribution in [3.63, 3.8) is 0 Å². The van der Waals surface area contributed by atoms with E-state index in [1.54, 1.807) is 11.3 Å². The second-order valence-electron chi connectivity index (χ2n) is 4.16. The monoisotopic (exact) mass is 283 g/mol. The Morgan fingerprint density at radius 2 is 1.84 bits per heavy atom. The summed E-state index contributed by atoms with van der Waals surface area (Å²) in [6, 6.07) is 14.0. The van der Waals surface area contributed by atoms with Gasteiger partial charge in [-0.1, -0.05) is 30.3 Å². The second kappa shape index (κ2) is 6.75. The van der Waals surface area contributed by atoms with E-state index in [2.05, 4.69) is 5.32 Å². The second-order valence-corrected chi connectivity index (χ2v) is 5.33. The van der Waals surface area contributed by atoms with Crippen molar-refractivity contribution in [1.29, 1.82) is 0 Å². The summed E-state index contributed by atoms with van der Waals surface area (Å²) >= 11 is 1.61. The molecule has 2 rings (SSSR count). The molecular formula is C14H15F2NOS. The molecule has 0 spiro atoms. The highest BCUT2D eigenvalue weighted by molar-refractivity contribution is 7.15. The summed E-state index contributed by atoms with van der Waals surface area (Å²) in [6.45, 7) is 0.386. The van der Waals surface area contributed by atoms with Crippen LogP contribution in [0.2, 0.25) is 0 Å². The molecule has 19 heavy (non-hydrogen) atoms. The number of rotatable bonds is 6. The number of aliphatic hydroxyl groups is 1. The fourth-order valence-corrected chi connectivity index (χ4v) is 2.65. The lowest BCUT2D eigenvalue weighted by molar-refractivity contribution is -0.00337. The molecule has 0 fully saturated rings. The summed E-state index contributed by atoms with van der Waals surface area (Å²) in [6.07, 6.45) is -4.30. The van der Waals surface area contributed by atoms with Crippen molar-refractivity contribution >= 4 is 11.3 Å². The average Bonchev–Trinajstić information content (AvgIpc) is 2.88. The van der Waals surface area contributed by atoms with Gasteiger partial charge in [0.05, 0.1) is 0 Å². The Labute approximate surface area is 114 Å². The van der Waals surface area contributed by atoms with Gasteiger partial charge in [-0.3, -0.25) is 0 Å². The Hall–Kier alpha value is -1.30. The Morgan fingerprint density at radius 1 is 1.11 bits per heavy atom. The predicted molar refractivity (Wildman–Crippen MR) is 73.5 cm³/mol. The quantitative estimate of drug-likeness (QED) is 0.853. The summed E-state index contributed by atoms with van der Waals surface area (Å²) in [5.41, 5.74) is 1.14. The smallest absolute Gasteiger partial charge is 0.265 e. The molecule has 0 saturated carbocycles. The van der Waals surface area contributed by atoms with Crippen molar-refractivity contribution in [2.24, 2.45) is 0 Å². The van der Waals surface area contributed by atoms with Crippen molar-refractivity contribution in [1.82, 2.24) is 5.32 Å². The van der Waals surface area contributed by atoms with Crippen LogP contribution < -0.4 is 5.32 Å². The highest BCUT2D eigenvalue weighted by Crippen LogP contribution is 2.27. The fraction of sp³-hybridized carbons (Fsp3) is 0.286. The molecule has 1 heterocycles. The van der Waals surface area contributed by atoms with Crippen LogP contribution in [0.15, 0.2) is 42.5 Å². The Morgan fingerprint density at radius 3 is 2.53 bits per heavy atom. The van der Waals surface area contributed by atoms with Gasteiger partial charge in [0.15, 0.2) is 0 Å². The molecule has 0 amide bonds. The van der Waals surface area contributed by atoms with E-state index in [1.165, 1.54) is 0 Å². The number of hydrogen-bond acceptors (Lipinski definition) is 3. The number of nitrogens with one attached hydrogen (secondary N) is 1. The van der Waals surface area contributed by atoms with Crippen molar-refractivity contribution < 1.29 is 13.9 Å². The molecule has 1 aromatic heterocycles. The van der Waals surface area contributed by atoms with E-state index in [1.807, 2.05) is 42.5 Å². The minimum Gasteiger partial charge on any atom is -0.386 e. The number of hydrogen-bond donors (Lipinski definition) is 2. The normalized spacial score (nSPS) is 12.8. The van der Waals surface area contributed by atoms with E-state index >= 15 is 0 Å². The number of alkyl halides is 2. The molecule has 0 aliphatic rings. The number of aliphatic hydroxyl groups excluding tert-OH is 1. The standard InChI is InChI=1S/C14H15F2NOS/c15-14(16)12(18)9-17-8-11-6-7-13(19-11)10-4-2-1-3-5-10/h1-7,12,14,17-18H,8-9H2. The molecule has 5 heteroatoms. The van der Waals surface area contributed by atoms with Gasteiger partial charge < -0.3 is 10.4 Å². The van der Waals surface area contributed by atoms with Crippen LogP contribution in [-0.2, 0) is 6.54 Å². The largest absolute Gasteiger partial charge is 0.386 e. The molecule has 0 aliphatic heterocycles. The van der Waals surface area contributed by atoms with Gasteiger partial charge in [0.2, 0.25) is 0 Å². The van der Waals surface area contributed by atoms with E-state index in [9.17, 15) is 8.78 Å². The van der Waals surface area contributed by atoms with Gasteiger partial charge in [0, 0.05) is 22.8 Å². The van der Waals surface area contributed by atoms with Crippen LogP contribution in [0.5, 0.6) is 0 Å². The Bertz CT molecular complexity index is 501. The lowest BCUT2D eigenvalue weighted by Crippen LogP contribution is -2.31. The summed E-state index contributed by atoms with van der Waals surface area (Å²) in [5.74, 6) is 0. The Balaban J connectivity index is 1.88. The zero-order valence-corrected chi connectivity index (χ0v) is 11.0. The maximum atomic E-state index is 12.1. The molecule has 0 bridgehead atoms. The molecule has 2 aromatic rings. The van der Waals surface area contributed by atoms with Gasteiger partial charge >= 0.3 is 0 Å². The van der Waals surface area contributed by atoms with Crippen LogP contribution in [0.4, 0.5) is 8.78 Å². The van der Waals surface area contributed by atoms with Gasteiger partial charge in [-0.15, -0.1) is 11.3 Å². The number of halogens is 2. The average molecular weight is 283 g/mol. The van der Waals surface area contributed by atoms with Crippen LogP contribution in [0.25, 0.3) is 10.4 Å². The lowest BCUT2D eigenvalue weighted by atomic mass is 10.2. The molecule has 0 aliphatic carbocycles. The van der Waals surface area contributed by atoms with Gasteiger partial charge in [-0.05, 0) is 17.7 Å². The van der Waals surface area contributed by atoms with E-state index < -0.39 is 12.5 Å². The summed E-state index contributed by atoms with van der Waals surface area (Å²) in [4.78, 5) is 2.20. The summed E-state index contributed by atoms with van der Waals surface area (Å²) < 4.78 is 24.2. The van der Waals surface area contributed by atoms with Crippen LogP contribution in [0.3, 0.4) is 0 Å². The maximum Gasteiger partial charge on any atom is 0.265 e. The predicted octanol–water partition coefficient (Wildman–Crippen LogP) is 3.13. The van der Waals surface area contributed by atoms with Gasteiger partial charge in [0.25, 0.3) is 6.43 Å². The van der Waals surface area contributed by atoms with Crippen LogP contribution in [0.1, 0.15) is 4.88 Å². The third-order valence-electron chi connectivity index (χ3n) is 2.66. The third kappa shape index (κ3) is 4.09. The minimum atomic E-state index is -2.70. The molecule has 1 atom stereocenters. The molecule has 2 nitrogen and oxygen atoms in total. The van der Waals surface area contributed by atoms with Crippen molar-refractivity contribution in [3.05, 3.63) is 47.3 Å². The first-order valence-corrected chi connectivity index (χ1v) is 6.79. The van der Waals surface area contributed by atoms with Gasteiger partial charge in [-0.2, -0.15) is 0 Å². The van der Waals surface area contributed by atoms with Crippen LogP contribution in [0, 0.1) is 0 Å². The zero-order valence-electron chi connectivity index (χ0n) is 10.2. The summed E-state index contributed by atoms with van der Waals surface area (Å²) in [7, 11) is 0. The number of benzene rings is 1. The highest BCUT2D eigenvalue weighted by atomic mass is 32.1. The van der Waals surface area contributed by atoms with E-state index in [0.29, 0.717) is 6.54 Å². The van der Waals surface area contributed by atoms with Crippen molar-refractivity contribution in [2.45, 2.75) is 19.1 Å². The Kier molecular flexibility index (Phi) is 5.01. The molecule has 2 N–H and O–H groups in total.